The second kappa shape index (κ2) is 5.79. The van der Waals surface area contributed by atoms with Gasteiger partial charge in [-0.2, -0.15) is 13.2 Å². The molecule has 116 valence electrons. The van der Waals surface area contributed by atoms with Crippen molar-refractivity contribution >= 4 is 11.9 Å². The summed E-state index contributed by atoms with van der Waals surface area (Å²) in [6, 6.07) is 3.01. The molecule has 0 unspecified atom stereocenters. The summed E-state index contributed by atoms with van der Waals surface area (Å²) in [7, 11) is 0. The van der Waals surface area contributed by atoms with Crippen LogP contribution in [0.3, 0.4) is 0 Å². The van der Waals surface area contributed by atoms with Crippen molar-refractivity contribution < 1.29 is 27.9 Å². The Hall–Kier alpha value is -1.99. The van der Waals surface area contributed by atoms with Gasteiger partial charge in [-0.3, -0.25) is 9.59 Å². The number of carboxylic acid groups (broad SMARTS) is 1. The summed E-state index contributed by atoms with van der Waals surface area (Å²) in [5.74, 6) is -2.88. The molecule has 1 aliphatic heterocycles. The molecule has 1 aromatic heterocycles. The molecular formula is C13H15F3N2O3. The molecule has 0 aromatic carbocycles. The molecule has 0 radical (unpaired) electrons. The lowest BCUT2D eigenvalue weighted by atomic mass is 9.96. The SMILES string of the molecule is O=C(O)Cn1cccc1C(=O)N1CCC(C(F)(F)F)CC1. The molecule has 1 saturated heterocycles. The van der Waals surface area contributed by atoms with Crippen LogP contribution < -0.4 is 0 Å². The third-order valence-electron chi connectivity index (χ3n) is 3.60. The van der Waals surface area contributed by atoms with E-state index in [9.17, 15) is 22.8 Å². The summed E-state index contributed by atoms with van der Waals surface area (Å²) >= 11 is 0. The Kier molecular flexibility index (Phi) is 4.24. The lowest BCUT2D eigenvalue weighted by molar-refractivity contribution is -0.183. The highest BCUT2D eigenvalue weighted by Gasteiger charge is 2.41. The van der Waals surface area contributed by atoms with Gasteiger partial charge >= 0.3 is 12.1 Å². The lowest BCUT2D eigenvalue weighted by Crippen LogP contribution is -2.42. The Labute approximate surface area is 119 Å². The number of aromatic nitrogens is 1. The van der Waals surface area contributed by atoms with E-state index < -0.39 is 24.0 Å². The summed E-state index contributed by atoms with van der Waals surface area (Å²) in [6.07, 6.45) is -2.99. The van der Waals surface area contributed by atoms with Gasteiger partial charge in [-0.05, 0) is 25.0 Å². The second-order valence-corrected chi connectivity index (χ2v) is 5.02. The zero-order valence-electron chi connectivity index (χ0n) is 11.1. The average molecular weight is 304 g/mol. The summed E-state index contributed by atoms with van der Waals surface area (Å²) in [5, 5.41) is 8.76. The van der Waals surface area contributed by atoms with E-state index in [1.54, 1.807) is 6.07 Å². The van der Waals surface area contributed by atoms with Gasteiger partial charge in [0.2, 0.25) is 0 Å². The molecule has 0 spiro atoms. The van der Waals surface area contributed by atoms with Gasteiger partial charge in [0.05, 0.1) is 5.92 Å². The van der Waals surface area contributed by atoms with Crippen LogP contribution in [-0.4, -0.2) is 45.7 Å². The predicted octanol–water partition coefficient (Wildman–Crippen LogP) is 1.99. The zero-order chi connectivity index (χ0) is 15.6. The molecule has 5 nitrogen and oxygen atoms in total. The molecule has 0 saturated carbocycles. The van der Waals surface area contributed by atoms with Gasteiger partial charge in [0.25, 0.3) is 5.91 Å². The van der Waals surface area contributed by atoms with Crippen LogP contribution in [0.15, 0.2) is 18.3 Å². The number of likely N-dealkylation sites (tertiary alicyclic amines) is 1. The van der Waals surface area contributed by atoms with Crippen LogP contribution in [0.2, 0.25) is 0 Å². The highest BCUT2D eigenvalue weighted by Crippen LogP contribution is 2.34. The van der Waals surface area contributed by atoms with Gasteiger partial charge in [0.1, 0.15) is 12.2 Å². The van der Waals surface area contributed by atoms with Crippen LogP contribution in [-0.2, 0) is 11.3 Å². The number of alkyl halides is 3. The van der Waals surface area contributed by atoms with Crippen LogP contribution in [0.25, 0.3) is 0 Å². The normalized spacial score (nSPS) is 17.0. The van der Waals surface area contributed by atoms with Gasteiger partial charge < -0.3 is 14.6 Å². The van der Waals surface area contributed by atoms with E-state index in [1.165, 1.54) is 21.7 Å². The van der Waals surface area contributed by atoms with Gasteiger partial charge in [-0.15, -0.1) is 0 Å². The zero-order valence-corrected chi connectivity index (χ0v) is 11.1. The lowest BCUT2D eigenvalue weighted by Gasteiger charge is -2.33. The van der Waals surface area contributed by atoms with Crippen LogP contribution in [0, 0.1) is 5.92 Å². The average Bonchev–Trinajstić information content (AvgIpc) is 2.84. The minimum Gasteiger partial charge on any atom is -0.480 e. The van der Waals surface area contributed by atoms with Crippen molar-refractivity contribution in [2.45, 2.75) is 25.6 Å². The van der Waals surface area contributed by atoms with Crippen LogP contribution in [0.5, 0.6) is 0 Å². The third-order valence-corrected chi connectivity index (χ3v) is 3.60. The van der Waals surface area contributed by atoms with E-state index in [-0.39, 0.29) is 38.2 Å². The molecule has 1 aromatic rings. The maximum Gasteiger partial charge on any atom is 0.391 e. The molecular weight excluding hydrogens is 289 g/mol. The third kappa shape index (κ3) is 3.56. The number of nitrogens with zero attached hydrogens (tertiary/aromatic N) is 2. The number of aliphatic carboxylic acids is 1. The maximum atomic E-state index is 12.6. The molecule has 0 bridgehead atoms. The van der Waals surface area contributed by atoms with Gasteiger partial charge in [0, 0.05) is 19.3 Å². The number of hydrogen-bond acceptors (Lipinski definition) is 2. The fourth-order valence-corrected chi connectivity index (χ4v) is 2.46. The molecule has 1 N–H and O–H groups in total. The number of amides is 1. The molecule has 0 aliphatic carbocycles. The van der Waals surface area contributed by atoms with Crippen molar-refractivity contribution in [1.82, 2.24) is 9.47 Å². The Balaban J connectivity index is 2.02. The standard InChI is InChI=1S/C13H15F3N2O3/c14-13(15,16)9-3-6-17(7-4-9)12(21)10-2-1-5-18(10)8-11(19)20/h1-2,5,9H,3-4,6-8H2,(H,19,20). The Bertz CT molecular complexity index is 531. The minimum absolute atomic E-state index is 0.0290. The van der Waals surface area contributed by atoms with Crippen molar-refractivity contribution in [2.24, 2.45) is 5.92 Å². The van der Waals surface area contributed by atoms with E-state index in [0.29, 0.717) is 0 Å². The number of hydrogen-bond donors (Lipinski definition) is 1. The second-order valence-electron chi connectivity index (χ2n) is 5.02. The molecule has 21 heavy (non-hydrogen) atoms. The summed E-state index contributed by atoms with van der Waals surface area (Å²) in [4.78, 5) is 24.3. The largest absolute Gasteiger partial charge is 0.480 e. The number of rotatable bonds is 3. The van der Waals surface area contributed by atoms with E-state index in [4.69, 9.17) is 5.11 Å². The van der Waals surface area contributed by atoms with Crippen molar-refractivity contribution in [1.29, 1.82) is 0 Å². The van der Waals surface area contributed by atoms with Crippen LogP contribution in [0.1, 0.15) is 23.3 Å². The summed E-state index contributed by atoms with van der Waals surface area (Å²) in [5.41, 5.74) is 0.183. The fourth-order valence-electron chi connectivity index (χ4n) is 2.46. The van der Waals surface area contributed by atoms with Crippen molar-refractivity contribution in [3.63, 3.8) is 0 Å². The first-order valence-corrected chi connectivity index (χ1v) is 6.52. The first-order chi connectivity index (χ1) is 9.79. The van der Waals surface area contributed by atoms with E-state index in [2.05, 4.69) is 0 Å². The van der Waals surface area contributed by atoms with E-state index >= 15 is 0 Å². The molecule has 1 aliphatic rings. The highest BCUT2D eigenvalue weighted by atomic mass is 19.4. The maximum absolute atomic E-state index is 12.6. The minimum atomic E-state index is -4.22. The molecule has 1 amide bonds. The number of carbonyl (C=O) groups excluding carboxylic acids is 1. The smallest absolute Gasteiger partial charge is 0.391 e. The summed E-state index contributed by atoms with van der Waals surface area (Å²) < 4.78 is 39.0. The summed E-state index contributed by atoms with van der Waals surface area (Å²) in [6.45, 7) is -0.296. The number of halogens is 3. The van der Waals surface area contributed by atoms with Crippen LogP contribution in [0.4, 0.5) is 13.2 Å². The molecule has 2 rings (SSSR count). The first kappa shape index (κ1) is 15.4. The Morgan fingerprint density at radius 1 is 1.29 bits per heavy atom. The quantitative estimate of drug-likeness (QED) is 0.929. The molecule has 1 fully saturated rings. The highest BCUT2D eigenvalue weighted by molar-refractivity contribution is 5.93. The van der Waals surface area contributed by atoms with Gasteiger partial charge in [0.15, 0.2) is 0 Å². The number of piperidine rings is 1. The molecule has 2 heterocycles. The predicted molar refractivity (Wildman–Crippen MR) is 66.8 cm³/mol. The van der Waals surface area contributed by atoms with E-state index in [1.807, 2.05) is 0 Å². The number of carboxylic acids is 1. The van der Waals surface area contributed by atoms with E-state index in [0.717, 1.165) is 0 Å². The number of carbonyl (C=O) groups is 2. The Morgan fingerprint density at radius 2 is 1.90 bits per heavy atom. The van der Waals surface area contributed by atoms with Gasteiger partial charge in [-0.1, -0.05) is 0 Å². The topological polar surface area (TPSA) is 62.5 Å². The van der Waals surface area contributed by atoms with Crippen molar-refractivity contribution in [3.8, 4) is 0 Å². The van der Waals surface area contributed by atoms with Gasteiger partial charge in [-0.25, -0.2) is 0 Å². The monoisotopic (exact) mass is 304 g/mol. The molecule has 8 heteroatoms. The van der Waals surface area contributed by atoms with Crippen molar-refractivity contribution in [2.75, 3.05) is 13.1 Å². The fraction of sp³-hybridized carbons (Fsp3) is 0.538. The molecule has 0 atom stereocenters. The Morgan fingerprint density at radius 3 is 2.43 bits per heavy atom. The van der Waals surface area contributed by atoms with Crippen LogP contribution >= 0.6 is 0 Å². The van der Waals surface area contributed by atoms with Crippen molar-refractivity contribution in [3.05, 3.63) is 24.0 Å². The first-order valence-electron chi connectivity index (χ1n) is 6.52.